The van der Waals surface area contributed by atoms with E-state index in [2.05, 4.69) is 0 Å². The van der Waals surface area contributed by atoms with Crippen molar-refractivity contribution in [3.63, 3.8) is 0 Å². The smallest absolute Gasteiger partial charge is 0.233 e. The summed E-state index contributed by atoms with van der Waals surface area (Å²) in [5, 5.41) is 0. The van der Waals surface area contributed by atoms with Gasteiger partial charge in [-0.2, -0.15) is 0 Å². The molecule has 0 N–H and O–H groups in total. The van der Waals surface area contributed by atoms with Gasteiger partial charge in [0.1, 0.15) is 5.75 Å². The van der Waals surface area contributed by atoms with Gasteiger partial charge in [0.15, 0.2) is 0 Å². The first-order valence-electron chi connectivity index (χ1n) is 3.87. The van der Waals surface area contributed by atoms with Gasteiger partial charge in [-0.3, -0.25) is 4.79 Å². The molecular formula is C10H11O2. The van der Waals surface area contributed by atoms with E-state index in [1.165, 1.54) is 0 Å². The summed E-state index contributed by atoms with van der Waals surface area (Å²) in [6.45, 7) is 1.98. The van der Waals surface area contributed by atoms with Gasteiger partial charge in [0, 0.05) is 11.1 Å². The molecule has 1 aromatic carbocycles. The van der Waals surface area contributed by atoms with Gasteiger partial charge in [0.2, 0.25) is 6.29 Å². The van der Waals surface area contributed by atoms with Gasteiger partial charge in [-0.1, -0.05) is 19.1 Å². The maximum absolute atomic E-state index is 10.5. The SMILES string of the molecule is CCc1c([C]=O)cccc1OC. The highest BCUT2D eigenvalue weighted by Gasteiger charge is 2.05. The number of hydrogen-bond donors (Lipinski definition) is 0. The lowest BCUT2D eigenvalue weighted by atomic mass is 10.1. The molecule has 0 atom stereocenters. The van der Waals surface area contributed by atoms with Crippen molar-refractivity contribution in [2.24, 2.45) is 0 Å². The molecule has 0 aliphatic carbocycles. The summed E-state index contributed by atoms with van der Waals surface area (Å²) in [6, 6.07) is 5.38. The highest BCUT2D eigenvalue weighted by molar-refractivity contribution is 5.79. The van der Waals surface area contributed by atoms with Crippen LogP contribution in [-0.4, -0.2) is 13.4 Å². The maximum Gasteiger partial charge on any atom is 0.233 e. The summed E-state index contributed by atoms with van der Waals surface area (Å²) in [7, 11) is 1.60. The van der Waals surface area contributed by atoms with Gasteiger partial charge in [-0.05, 0) is 12.5 Å². The standard InChI is InChI=1S/C10H11O2/c1-3-9-8(7-11)5-4-6-10(9)12-2/h4-6H,3H2,1-2H3. The first kappa shape index (κ1) is 8.78. The van der Waals surface area contributed by atoms with Crippen LogP contribution in [0.3, 0.4) is 0 Å². The third kappa shape index (κ3) is 1.47. The van der Waals surface area contributed by atoms with Crippen molar-refractivity contribution in [3.8, 4) is 5.75 Å². The highest BCUT2D eigenvalue weighted by Crippen LogP contribution is 2.21. The summed E-state index contributed by atoms with van der Waals surface area (Å²) in [6.07, 6.45) is 2.68. The van der Waals surface area contributed by atoms with Crippen molar-refractivity contribution in [2.75, 3.05) is 7.11 Å². The molecule has 0 bridgehead atoms. The average Bonchev–Trinajstić information content (AvgIpc) is 2.16. The molecule has 0 unspecified atom stereocenters. The summed E-state index contributed by atoms with van der Waals surface area (Å²) in [5.74, 6) is 0.762. The quantitative estimate of drug-likeness (QED) is 0.678. The molecule has 2 nitrogen and oxygen atoms in total. The second-order valence-corrected chi connectivity index (χ2v) is 2.44. The Labute approximate surface area is 72.2 Å². The van der Waals surface area contributed by atoms with Crippen LogP contribution >= 0.6 is 0 Å². The fraction of sp³-hybridized carbons (Fsp3) is 0.300. The molecule has 0 saturated heterocycles. The molecule has 2 heteroatoms. The van der Waals surface area contributed by atoms with E-state index in [1.807, 2.05) is 19.3 Å². The molecule has 0 spiro atoms. The molecule has 12 heavy (non-hydrogen) atoms. The zero-order valence-electron chi connectivity index (χ0n) is 7.26. The van der Waals surface area contributed by atoms with Crippen LogP contribution in [0.15, 0.2) is 18.2 Å². The Kier molecular flexibility index (Phi) is 2.86. The van der Waals surface area contributed by atoms with Gasteiger partial charge >= 0.3 is 0 Å². The molecule has 1 aromatic rings. The van der Waals surface area contributed by atoms with Crippen molar-refractivity contribution in [3.05, 3.63) is 29.3 Å². The normalized spacial score (nSPS) is 9.50. The maximum atomic E-state index is 10.5. The van der Waals surface area contributed by atoms with E-state index < -0.39 is 0 Å². The Morgan fingerprint density at radius 2 is 2.25 bits per heavy atom. The molecular weight excluding hydrogens is 152 g/mol. The fourth-order valence-electron chi connectivity index (χ4n) is 1.22. The molecule has 0 heterocycles. The van der Waals surface area contributed by atoms with E-state index in [9.17, 15) is 4.79 Å². The van der Waals surface area contributed by atoms with E-state index in [0.29, 0.717) is 5.56 Å². The number of ether oxygens (including phenoxy) is 1. The second-order valence-electron chi connectivity index (χ2n) is 2.44. The molecule has 0 fully saturated rings. The van der Waals surface area contributed by atoms with Gasteiger partial charge in [-0.15, -0.1) is 0 Å². The zero-order valence-corrected chi connectivity index (χ0v) is 7.26. The molecule has 0 amide bonds. The third-order valence-corrected chi connectivity index (χ3v) is 1.82. The van der Waals surface area contributed by atoms with Crippen LogP contribution in [0.5, 0.6) is 5.75 Å². The van der Waals surface area contributed by atoms with E-state index in [0.717, 1.165) is 17.7 Å². The zero-order chi connectivity index (χ0) is 8.97. The summed E-state index contributed by atoms with van der Waals surface area (Å²) in [5.41, 5.74) is 1.52. The number of carbonyl (C=O) groups excluding carboxylic acids is 1. The largest absolute Gasteiger partial charge is 0.496 e. The molecule has 0 aliphatic heterocycles. The van der Waals surface area contributed by atoms with Crippen LogP contribution in [0.2, 0.25) is 0 Å². The Hall–Kier alpha value is -1.31. The van der Waals surface area contributed by atoms with Crippen molar-refractivity contribution < 1.29 is 9.53 Å². The first-order chi connectivity index (χ1) is 5.83. The first-order valence-corrected chi connectivity index (χ1v) is 3.87. The van der Waals surface area contributed by atoms with Crippen LogP contribution in [0.25, 0.3) is 0 Å². The predicted octanol–water partition coefficient (Wildman–Crippen LogP) is 1.72. The van der Waals surface area contributed by atoms with Crippen molar-refractivity contribution in [1.82, 2.24) is 0 Å². The molecule has 63 valence electrons. The molecule has 1 radical (unpaired) electrons. The van der Waals surface area contributed by atoms with Crippen LogP contribution in [-0.2, 0) is 11.2 Å². The molecule has 0 aliphatic rings. The highest BCUT2D eigenvalue weighted by atomic mass is 16.5. The van der Waals surface area contributed by atoms with Crippen LogP contribution in [0.4, 0.5) is 0 Å². The summed E-state index contributed by atoms with van der Waals surface area (Å²) in [4.78, 5) is 10.5. The van der Waals surface area contributed by atoms with Crippen molar-refractivity contribution in [2.45, 2.75) is 13.3 Å². The van der Waals surface area contributed by atoms with Crippen molar-refractivity contribution >= 4 is 6.29 Å². The monoisotopic (exact) mass is 163 g/mol. The lowest BCUT2D eigenvalue weighted by Gasteiger charge is -2.07. The van der Waals surface area contributed by atoms with Crippen LogP contribution < -0.4 is 4.74 Å². The average molecular weight is 163 g/mol. The number of rotatable bonds is 3. The van der Waals surface area contributed by atoms with Gasteiger partial charge < -0.3 is 4.74 Å². The summed E-state index contributed by atoms with van der Waals surface area (Å²) >= 11 is 0. The fourth-order valence-corrected chi connectivity index (χ4v) is 1.22. The van der Waals surface area contributed by atoms with Gasteiger partial charge in [0.25, 0.3) is 0 Å². The number of benzene rings is 1. The van der Waals surface area contributed by atoms with E-state index in [-0.39, 0.29) is 0 Å². The van der Waals surface area contributed by atoms with E-state index in [4.69, 9.17) is 4.74 Å². The molecule has 1 rings (SSSR count). The number of hydrogen-bond acceptors (Lipinski definition) is 2. The van der Waals surface area contributed by atoms with Gasteiger partial charge in [-0.25, -0.2) is 0 Å². The van der Waals surface area contributed by atoms with Crippen LogP contribution in [0, 0.1) is 0 Å². The minimum atomic E-state index is 0.594. The molecule has 0 aromatic heterocycles. The minimum Gasteiger partial charge on any atom is -0.496 e. The second kappa shape index (κ2) is 3.90. The lowest BCUT2D eigenvalue weighted by Crippen LogP contribution is -1.95. The Bertz CT molecular complexity index is 279. The predicted molar refractivity (Wildman–Crippen MR) is 47.2 cm³/mol. The Balaban J connectivity index is 3.21. The lowest BCUT2D eigenvalue weighted by molar-refractivity contribution is 0.410. The van der Waals surface area contributed by atoms with Gasteiger partial charge in [0.05, 0.1) is 7.11 Å². The topological polar surface area (TPSA) is 26.3 Å². The third-order valence-electron chi connectivity index (χ3n) is 1.82. The van der Waals surface area contributed by atoms with Crippen molar-refractivity contribution in [1.29, 1.82) is 0 Å². The molecule has 0 saturated carbocycles. The Morgan fingerprint density at radius 3 is 2.75 bits per heavy atom. The van der Waals surface area contributed by atoms with E-state index >= 15 is 0 Å². The van der Waals surface area contributed by atoms with E-state index in [1.54, 1.807) is 19.2 Å². The minimum absolute atomic E-state index is 0.594. The number of methoxy groups -OCH3 is 1. The Morgan fingerprint density at radius 1 is 1.50 bits per heavy atom. The van der Waals surface area contributed by atoms with Crippen LogP contribution in [0.1, 0.15) is 18.1 Å². The summed E-state index contributed by atoms with van der Waals surface area (Å²) < 4.78 is 5.10.